The number of nitrogens with one attached hydrogen (secondary N) is 2. The Bertz CT molecular complexity index is 750. The van der Waals surface area contributed by atoms with E-state index in [-0.39, 0.29) is 5.41 Å². The molecule has 2 aromatic carbocycles. The second-order valence-corrected chi connectivity index (χ2v) is 10.7. The molecule has 2 aliphatic rings. The van der Waals surface area contributed by atoms with Gasteiger partial charge in [0, 0.05) is 28.9 Å². The average molecular weight is 451 g/mol. The zero-order valence-electron chi connectivity index (χ0n) is 20.6. The maximum Gasteiger partial charge on any atom is 0.119 e. The molecule has 2 saturated carbocycles. The molecule has 0 aliphatic heterocycles. The number of ether oxygens (including phenoxy) is 2. The fourth-order valence-electron chi connectivity index (χ4n) is 4.86. The van der Waals surface area contributed by atoms with Crippen molar-refractivity contribution < 1.29 is 9.47 Å². The van der Waals surface area contributed by atoms with Gasteiger partial charge in [-0.3, -0.25) is 0 Å². The fraction of sp³-hybridized carbons (Fsp3) is 0.586. The Kier molecular flexibility index (Phi) is 8.41. The molecule has 0 unspecified atom stereocenters. The Morgan fingerprint density at radius 2 is 0.970 bits per heavy atom. The van der Waals surface area contributed by atoms with Crippen LogP contribution in [0.4, 0.5) is 11.4 Å². The molecule has 0 heterocycles. The van der Waals surface area contributed by atoms with Gasteiger partial charge in [-0.2, -0.15) is 0 Å². The molecule has 2 aromatic rings. The lowest BCUT2D eigenvalue weighted by Crippen LogP contribution is -2.28. The molecule has 4 rings (SSSR count). The summed E-state index contributed by atoms with van der Waals surface area (Å²) < 4.78 is 12.2. The molecule has 180 valence electrons. The molecule has 0 bridgehead atoms. The Morgan fingerprint density at radius 3 is 1.33 bits per heavy atom. The van der Waals surface area contributed by atoms with Crippen LogP contribution in [0.2, 0.25) is 0 Å². The van der Waals surface area contributed by atoms with Crippen molar-refractivity contribution in [3.63, 3.8) is 0 Å². The lowest BCUT2D eigenvalue weighted by atomic mass is 9.95. The quantitative estimate of drug-likeness (QED) is 0.390. The third-order valence-corrected chi connectivity index (χ3v) is 6.92. The summed E-state index contributed by atoms with van der Waals surface area (Å²) in [6.45, 7) is 5.60. The van der Waals surface area contributed by atoms with E-state index >= 15 is 0 Å². The van der Waals surface area contributed by atoms with E-state index in [1.165, 1.54) is 75.6 Å². The van der Waals surface area contributed by atoms with Gasteiger partial charge >= 0.3 is 0 Å². The first-order chi connectivity index (χ1) is 16.1. The van der Waals surface area contributed by atoms with Gasteiger partial charge in [0.1, 0.15) is 11.5 Å². The Balaban J connectivity index is 1.18. The first kappa shape index (κ1) is 23.8. The monoisotopic (exact) mass is 450 g/mol. The van der Waals surface area contributed by atoms with Crippen molar-refractivity contribution in [1.29, 1.82) is 0 Å². The van der Waals surface area contributed by atoms with Gasteiger partial charge in [0.2, 0.25) is 0 Å². The molecule has 2 N–H and O–H groups in total. The van der Waals surface area contributed by atoms with Crippen molar-refractivity contribution in [2.45, 2.75) is 90.1 Å². The number of hydrogen-bond acceptors (Lipinski definition) is 4. The summed E-state index contributed by atoms with van der Waals surface area (Å²) in [7, 11) is 0. The molecule has 0 saturated heterocycles. The summed E-state index contributed by atoms with van der Waals surface area (Å²) in [4.78, 5) is 0. The van der Waals surface area contributed by atoms with Crippen molar-refractivity contribution in [3.8, 4) is 11.5 Å². The van der Waals surface area contributed by atoms with Crippen LogP contribution in [0, 0.1) is 5.41 Å². The van der Waals surface area contributed by atoms with Crippen LogP contribution in [-0.4, -0.2) is 25.3 Å². The molecule has 0 radical (unpaired) electrons. The minimum Gasteiger partial charge on any atom is -0.493 e. The SMILES string of the molecule is CC(C)(COc1ccc(NC2CCCCC2)cc1)COc1ccc(NC2CCCCC2)cc1. The van der Waals surface area contributed by atoms with Gasteiger partial charge in [-0.15, -0.1) is 0 Å². The Morgan fingerprint density at radius 1 is 0.606 bits per heavy atom. The van der Waals surface area contributed by atoms with E-state index in [9.17, 15) is 0 Å². The van der Waals surface area contributed by atoms with E-state index in [1.807, 2.05) is 0 Å². The standard InChI is InChI=1S/C29H42N2O2/c1-29(2,21-32-27-17-13-25(14-18-27)30-23-9-5-3-6-10-23)22-33-28-19-15-26(16-20-28)31-24-11-7-4-8-12-24/h13-20,23-24,30-31H,3-12,21-22H2,1-2H3. The zero-order valence-corrected chi connectivity index (χ0v) is 20.6. The van der Waals surface area contributed by atoms with Gasteiger partial charge in [0.05, 0.1) is 13.2 Å². The fourth-order valence-corrected chi connectivity index (χ4v) is 4.86. The third kappa shape index (κ3) is 7.87. The molecule has 4 nitrogen and oxygen atoms in total. The summed E-state index contributed by atoms with van der Waals surface area (Å²) >= 11 is 0. The summed E-state index contributed by atoms with van der Waals surface area (Å²) in [6, 6.07) is 18.1. The van der Waals surface area contributed by atoms with E-state index in [0.29, 0.717) is 25.3 Å². The third-order valence-electron chi connectivity index (χ3n) is 6.92. The van der Waals surface area contributed by atoms with Crippen molar-refractivity contribution in [2.75, 3.05) is 23.8 Å². The second-order valence-electron chi connectivity index (χ2n) is 10.7. The lowest BCUT2D eigenvalue weighted by Gasteiger charge is -2.26. The number of anilines is 2. The zero-order chi connectivity index (χ0) is 22.9. The maximum absolute atomic E-state index is 6.09. The van der Waals surface area contributed by atoms with Crippen LogP contribution < -0.4 is 20.1 Å². The van der Waals surface area contributed by atoms with Gasteiger partial charge in [-0.05, 0) is 74.2 Å². The van der Waals surface area contributed by atoms with Crippen LogP contribution in [0.25, 0.3) is 0 Å². The average Bonchev–Trinajstić information content (AvgIpc) is 2.85. The topological polar surface area (TPSA) is 42.5 Å². The van der Waals surface area contributed by atoms with Crippen LogP contribution >= 0.6 is 0 Å². The molecule has 0 atom stereocenters. The molecule has 2 fully saturated rings. The Hall–Kier alpha value is -2.36. The first-order valence-electron chi connectivity index (χ1n) is 13.0. The maximum atomic E-state index is 6.09. The van der Waals surface area contributed by atoms with Crippen molar-refractivity contribution >= 4 is 11.4 Å². The normalized spacial score (nSPS) is 18.0. The van der Waals surface area contributed by atoms with Crippen LogP contribution in [0.5, 0.6) is 11.5 Å². The molecular formula is C29H42N2O2. The number of hydrogen-bond donors (Lipinski definition) is 2. The van der Waals surface area contributed by atoms with Crippen LogP contribution in [0.15, 0.2) is 48.5 Å². The second kappa shape index (κ2) is 11.7. The van der Waals surface area contributed by atoms with Crippen LogP contribution in [-0.2, 0) is 0 Å². The Labute approximate surface area is 200 Å². The van der Waals surface area contributed by atoms with Gasteiger partial charge in [-0.25, -0.2) is 0 Å². The van der Waals surface area contributed by atoms with E-state index in [2.05, 4.69) is 73.0 Å². The summed E-state index contributed by atoms with van der Waals surface area (Å²) in [5.74, 6) is 1.82. The van der Waals surface area contributed by atoms with E-state index in [0.717, 1.165) is 11.5 Å². The highest BCUT2D eigenvalue weighted by Gasteiger charge is 2.21. The van der Waals surface area contributed by atoms with Gasteiger partial charge in [-0.1, -0.05) is 52.4 Å². The smallest absolute Gasteiger partial charge is 0.119 e. The number of benzene rings is 2. The van der Waals surface area contributed by atoms with E-state index < -0.39 is 0 Å². The molecule has 4 heteroatoms. The van der Waals surface area contributed by atoms with Gasteiger partial charge in [0.25, 0.3) is 0 Å². The minimum absolute atomic E-state index is 0.0853. The summed E-state index contributed by atoms with van der Waals surface area (Å²) in [5, 5.41) is 7.33. The number of rotatable bonds is 10. The molecule has 0 spiro atoms. The van der Waals surface area contributed by atoms with Crippen molar-refractivity contribution in [2.24, 2.45) is 5.41 Å². The predicted molar refractivity (Wildman–Crippen MR) is 139 cm³/mol. The first-order valence-corrected chi connectivity index (χ1v) is 13.0. The van der Waals surface area contributed by atoms with Gasteiger partial charge < -0.3 is 20.1 Å². The molecular weight excluding hydrogens is 408 g/mol. The largest absolute Gasteiger partial charge is 0.493 e. The van der Waals surface area contributed by atoms with Crippen molar-refractivity contribution in [1.82, 2.24) is 0 Å². The van der Waals surface area contributed by atoms with E-state index in [4.69, 9.17) is 9.47 Å². The molecule has 33 heavy (non-hydrogen) atoms. The molecule has 0 aromatic heterocycles. The van der Waals surface area contributed by atoms with Crippen LogP contribution in [0.1, 0.15) is 78.1 Å². The predicted octanol–water partition coefficient (Wildman–Crippen LogP) is 7.66. The highest BCUT2D eigenvalue weighted by atomic mass is 16.5. The summed E-state index contributed by atoms with van der Waals surface area (Å²) in [5.41, 5.74) is 2.30. The minimum atomic E-state index is -0.0853. The van der Waals surface area contributed by atoms with Crippen LogP contribution in [0.3, 0.4) is 0 Å². The highest BCUT2D eigenvalue weighted by Crippen LogP contribution is 2.26. The lowest BCUT2D eigenvalue weighted by molar-refractivity contribution is 0.110. The molecule has 2 aliphatic carbocycles. The highest BCUT2D eigenvalue weighted by molar-refractivity contribution is 5.48. The van der Waals surface area contributed by atoms with E-state index in [1.54, 1.807) is 0 Å². The van der Waals surface area contributed by atoms with Gasteiger partial charge in [0.15, 0.2) is 0 Å². The summed E-state index contributed by atoms with van der Waals surface area (Å²) in [6.07, 6.45) is 13.3. The molecule has 0 amide bonds. The van der Waals surface area contributed by atoms with Crippen molar-refractivity contribution in [3.05, 3.63) is 48.5 Å².